The van der Waals surface area contributed by atoms with Crippen LogP contribution in [-0.2, 0) is 13.2 Å². The molecule has 28 heavy (non-hydrogen) atoms. The number of rotatable bonds is 5. The number of hydrogen-bond acceptors (Lipinski definition) is 1. The molecule has 2 aromatic heterocycles. The number of hydrogen-bond donors (Lipinski definition) is 0. The molecule has 2 aromatic carbocycles. The first-order valence-electron chi connectivity index (χ1n) is 9.77. The van der Waals surface area contributed by atoms with E-state index in [1.807, 2.05) is 18.2 Å². The largest absolute Gasteiger partial charge is 0.481 e. The van der Waals surface area contributed by atoms with E-state index in [0.29, 0.717) is 6.61 Å². The SMILES string of the molecule is Cc1ccc(C)c(Cn2c(C)c(C)[n+]3cccc(OCc4ccccc4)c23)c1. The Kier molecular flexibility index (Phi) is 4.91. The number of pyridine rings is 1. The molecule has 0 atom stereocenters. The van der Waals surface area contributed by atoms with Crippen LogP contribution in [0.15, 0.2) is 66.9 Å². The second kappa shape index (κ2) is 7.51. The van der Waals surface area contributed by atoms with Crippen LogP contribution in [0.5, 0.6) is 5.75 Å². The first-order valence-corrected chi connectivity index (χ1v) is 9.77. The Balaban J connectivity index is 1.77. The lowest BCUT2D eigenvalue weighted by molar-refractivity contribution is -0.519. The van der Waals surface area contributed by atoms with Crippen molar-refractivity contribution < 1.29 is 9.14 Å². The number of nitrogens with zero attached hydrogens (tertiary/aromatic N) is 2. The van der Waals surface area contributed by atoms with Crippen LogP contribution >= 0.6 is 0 Å². The summed E-state index contributed by atoms with van der Waals surface area (Å²) in [6.45, 7) is 10.1. The van der Waals surface area contributed by atoms with E-state index in [1.54, 1.807) is 0 Å². The Morgan fingerprint density at radius 1 is 0.893 bits per heavy atom. The van der Waals surface area contributed by atoms with Gasteiger partial charge in [0.15, 0.2) is 0 Å². The van der Waals surface area contributed by atoms with Gasteiger partial charge in [-0.2, -0.15) is 4.40 Å². The number of ether oxygens (including phenoxy) is 1. The number of benzene rings is 2. The molecule has 0 aliphatic carbocycles. The molecule has 3 nitrogen and oxygen atoms in total. The Hall–Kier alpha value is -3.07. The van der Waals surface area contributed by atoms with Crippen LogP contribution in [0, 0.1) is 27.7 Å². The summed E-state index contributed by atoms with van der Waals surface area (Å²) < 4.78 is 10.9. The third-order valence-electron chi connectivity index (χ3n) is 5.55. The molecule has 0 aliphatic heterocycles. The van der Waals surface area contributed by atoms with Crippen LogP contribution < -0.4 is 9.14 Å². The summed E-state index contributed by atoms with van der Waals surface area (Å²) in [6, 6.07) is 21.1. The van der Waals surface area contributed by atoms with Crippen molar-refractivity contribution in [3.8, 4) is 5.75 Å². The number of imidazole rings is 1. The third kappa shape index (κ3) is 3.40. The average molecular weight is 372 g/mol. The van der Waals surface area contributed by atoms with Gasteiger partial charge in [-0.3, -0.25) is 0 Å². The molecule has 0 aliphatic rings. The molecular formula is C25H27N2O+. The van der Waals surface area contributed by atoms with E-state index >= 15 is 0 Å². The van der Waals surface area contributed by atoms with Gasteiger partial charge in [-0.1, -0.05) is 54.1 Å². The smallest absolute Gasteiger partial charge is 0.329 e. The van der Waals surface area contributed by atoms with Gasteiger partial charge in [-0.15, -0.1) is 0 Å². The third-order valence-corrected chi connectivity index (χ3v) is 5.55. The summed E-state index contributed by atoms with van der Waals surface area (Å²) in [5.74, 6) is 0.910. The maximum atomic E-state index is 6.26. The van der Waals surface area contributed by atoms with E-state index in [0.717, 1.165) is 17.9 Å². The Morgan fingerprint density at radius 2 is 1.68 bits per heavy atom. The molecule has 0 unspecified atom stereocenters. The second-order valence-corrected chi connectivity index (χ2v) is 7.53. The molecule has 0 amide bonds. The molecule has 0 fully saturated rings. The molecule has 0 radical (unpaired) electrons. The van der Waals surface area contributed by atoms with Crippen molar-refractivity contribution in [2.45, 2.75) is 40.8 Å². The van der Waals surface area contributed by atoms with Crippen molar-refractivity contribution in [2.75, 3.05) is 0 Å². The van der Waals surface area contributed by atoms with E-state index < -0.39 is 0 Å². The molecular weight excluding hydrogens is 344 g/mol. The zero-order valence-electron chi connectivity index (χ0n) is 17.1. The van der Waals surface area contributed by atoms with E-state index in [-0.39, 0.29) is 0 Å². The van der Waals surface area contributed by atoms with E-state index in [9.17, 15) is 0 Å². The van der Waals surface area contributed by atoms with Crippen LogP contribution in [0.4, 0.5) is 0 Å². The van der Waals surface area contributed by atoms with Gasteiger partial charge in [0.05, 0.1) is 6.20 Å². The zero-order chi connectivity index (χ0) is 19.7. The first kappa shape index (κ1) is 18.3. The van der Waals surface area contributed by atoms with Gasteiger partial charge in [0, 0.05) is 13.8 Å². The highest BCUT2D eigenvalue weighted by Crippen LogP contribution is 2.24. The topological polar surface area (TPSA) is 18.3 Å². The minimum absolute atomic E-state index is 0.563. The Bertz CT molecular complexity index is 1130. The van der Waals surface area contributed by atoms with Gasteiger partial charge >= 0.3 is 5.65 Å². The molecule has 4 rings (SSSR count). The minimum Gasteiger partial charge on any atom is -0.481 e. The van der Waals surface area contributed by atoms with E-state index in [4.69, 9.17) is 4.74 Å². The van der Waals surface area contributed by atoms with Crippen molar-refractivity contribution in [3.05, 3.63) is 101 Å². The minimum atomic E-state index is 0.563. The highest BCUT2D eigenvalue weighted by atomic mass is 16.5. The molecule has 0 bridgehead atoms. The van der Waals surface area contributed by atoms with Gasteiger partial charge in [0.25, 0.3) is 0 Å². The molecule has 2 heterocycles. The van der Waals surface area contributed by atoms with E-state index in [2.05, 4.69) is 85.3 Å². The van der Waals surface area contributed by atoms with Crippen LogP contribution in [0.25, 0.3) is 5.65 Å². The average Bonchev–Trinajstić information content (AvgIpc) is 2.95. The van der Waals surface area contributed by atoms with Crippen molar-refractivity contribution in [1.82, 2.24) is 4.57 Å². The van der Waals surface area contributed by atoms with Gasteiger partial charge < -0.3 is 4.74 Å². The maximum Gasteiger partial charge on any atom is 0.329 e. The van der Waals surface area contributed by atoms with Crippen LogP contribution in [-0.4, -0.2) is 4.57 Å². The molecule has 3 heteroatoms. The highest BCUT2D eigenvalue weighted by Gasteiger charge is 2.24. The van der Waals surface area contributed by atoms with Gasteiger partial charge in [-0.25, -0.2) is 4.57 Å². The lowest BCUT2D eigenvalue weighted by atomic mass is 10.1. The molecule has 142 valence electrons. The lowest BCUT2D eigenvalue weighted by Crippen LogP contribution is -2.23. The quantitative estimate of drug-likeness (QED) is 0.447. The summed E-state index contributed by atoms with van der Waals surface area (Å²) in [5.41, 5.74) is 8.73. The number of aromatic nitrogens is 2. The van der Waals surface area contributed by atoms with Crippen LogP contribution in [0.3, 0.4) is 0 Å². The summed E-state index contributed by atoms with van der Waals surface area (Å²) in [4.78, 5) is 0. The first-order chi connectivity index (χ1) is 13.5. The second-order valence-electron chi connectivity index (χ2n) is 7.53. The van der Waals surface area contributed by atoms with E-state index in [1.165, 1.54) is 33.6 Å². The number of aryl methyl sites for hydroxylation is 3. The van der Waals surface area contributed by atoms with Gasteiger partial charge in [-0.05, 0) is 42.7 Å². The van der Waals surface area contributed by atoms with Crippen molar-refractivity contribution in [1.29, 1.82) is 0 Å². The fourth-order valence-electron chi connectivity index (χ4n) is 3.72. The monoisotopic (exact) mass is 371 g/mol. The summed E-state index contributed by atoms with van der Waals surface area (Å²) >= 11 is 0. The Labute approximate surface area is 166 Å². The van der Waals surface area contributed by atoms with Crippen LogP contribution in [0.1, 0.15) is 33.6 Å². The fraction of sp³-hybridized carbons (Fsp3) is 0.240. The molecule has 0 saturated heterocycles. The summed E-state index contributed by atoms with van der Waals surface area (Å²) in [7, 11) is 0. The summed E-state index contributed by atoms with van der Waals surface area (Å²) in [5, 5.41) is 0. The normalized spacial score (nSPS) is 11.1. The van der Waals surface area contributed by atoms with Crippen molar-refractivity contribution >= 4 is 5.65 Å². The molecule has 0 saturated carbocycles. The van der Waals surface area contributed by atoms with Crippen molar-refractivity contribution in [3.63, 3.8) is 0 Å². The van der Waals surface area contributed by atoms with Gasteiger partial charge in [0.2, 0.25) is 5.75 Å². The van der Waals surface area contributed by atoms with Crippen molar-refractivity contribution in [2.24, 2.45) is 0 Å². The Morgan fingerprint density at radius 3 is 2.46 bits per heavy atom. The lowest BCUT2D eigenvalue weighted by Gasteiger charge is -2.09. The van der Waals surface area contributed by atoms with Gasteiger partial charge in [0.1, 0.15) is 24.5 Å². The van der Waals surface area contributed by atoms with Crippen LogP contribution in [0.2, 0.25) is 0 Å². The predicted octanol–water partition coefficient (Wildman–Crippen LogP) is 5.09. The summed E-state index contributed by atoms with van der Waals surface area (Å²) in [6.07, 6.45) is 2.12. The molecule has 0 N–H and O–H groups in total. The standard InChI is InChI=1S/C25H27N2O/c1-18-12-13-19(2)23(15-18)16-27-21(4)20(3)26-14-8-11-24(25(26)27)28-17-22-9-6-5-7-10-22/h5-15H,16-17H2,1-4H3/q+1. The maximum absolute atomic E-state index is 6.26. The number of fused-ring (bicyclic) bond motifs is 1. The highest BCUT2D eigenvalue weighted by molar-refractivity contribution is 5.51. The fourth-order valence-corrected chi connectivity index (χ4v) is 3.72. The zero-order valence-corrected chi connectivity index (χ0v) is 17.1. The predicted molar refractivity (Wildman–Crippen MR) is 113 cm³/mol. The molecule has 0 spiro atoms. The molecule has 4 aromatic rings.